The Hall–Kier alpha value is -0.940. The van der Waals surface area contributed by atoms with Crippen molar-refractivity contribution in [3.63, 3.8) is 0 Å². The quantitative estimate of drug-likeness (QED) is 0.869. The third-order valence-electron chi connectivity index (χ3n) is 1.88. The van der Waals surface area contributed by atoms with E-state index in [1.807, 2.05) is 0 Å². The van der Waals surface area contributed by atoms with Crippen LogP contribution in [0.3, 0.4) is 0 Å². The van der Waals surface area contributed by atoms with Crippen molar-refractivity contribution in [2.75, 3.05) is 5.73 Å². The van der Waals surface area contributed by atoms with Crippen LogP contribution >= 0.6 is 22.7 Å². The number of nitrogens with zero attached hydrogens (tertiary/aromatic N) is 2. The Morgan fingerprint density at radius 1 is 1.29 bits per heavy atom. The maximum absolute atomic E-state index is 5.49. The minimum absolute atomic E-state index is 0.566. The van der Waals surface area contributed by atoms with Crippen LogP contribution < -0.4 is 5.73 Å². The lowest BCUT2D eigenvalue weighted by Crippen LogP contribution is -1.87. The molecule has 2 heterocycles. The lowest BCUT2D eigenvalue weighted by molar-refractivity contribution is 0.810. The van der Waals surface area contributed by atoms with Crippen molar-refractivity contribution in [1.29, 1.82) is 0 Å². The minimum atomic E-state index is 0.566. The normalized spacial score (nSPS) is 10.6. The van der Waals surface area contributed by atoms with Crippen molar-refractivity contribution < 1.29 is 0 Å². The molecule has 0 fully saturated rings. The summed E-state index contributed by atoms with van der Waals surface area (Å²) in [5.41, 5.74) is 5.49. The standard InChI is InChI=1S/C9H11N3S2/c10-9-12-11-8(14-9)5-1-3-7-4-2-6-13-7/h2,4,6H,1,3,5H2,(H2,10,12). The third kappa shape index (κ3) is 2.52. The minimum Gasteiger partial charge on any atom is -0.374 e. The van der Waals surface area contributed by atoms with E-state index in [0.29, 0.717) is 5.13 Å². The number of hydrogen-bond donors (Lipinski definition) is 1. The van der Waals surface area contributed by atoms with Crippen LogP contribution in [-0.4, -0.2) is 10.2 Å². The van der Waals surface area contributed by atoms with E-state index < -0.39 is 0 Å². The molecule has 0 bridgehead atoms. The predicted molar refractivity (Wildman–Crippen MR) is 60.7 cm³/mol. The number of nitrogens with two attached hydrogens (primary N) is 1. The van der Waals surface area contributed by atoms with Gasteiger partial charge >= 0.3 is 0 Å². The van der Waals surface area contributed by atoms with Crippen LogP contribution in [0.5, 0.6) is 0 Å². The van der Waals surface area contributed by atoms with Gasteiger partial charge in [0.15, 0.2) is 0 Å². The van der Waals surface area contributed by atoms with Crippen LogP contribution in [-0.2, 0) is 12.8 Å². The van der Waals surface area contributed by atoms with Gasteiger partial charge in [-0.3, -0.25) is 0 Å². The van der Waals surface area contributed by atoms with Crippen molar-refractivity contribution in [3.8, 4) is 0 Å². The maximum atomic E-state index is 5.49. The summed E-state index contributed by atoms with van der Waals surface area (Å²) in [5.74, 6) is 0. The molecule has 0 radical (unpaired) electrons. The van der Waals surface area contributed by atoms with Gasteiger partial charge in [-0.1, -0.05) is 17.4 Å². The zero-order valence-electron chi connectivity index (χ0n) is 7.64. The number of aryl methyl sites for hydroxylation is 2. The molecule has 2 aromatic heterocycles. The first kappa shape index (κ1) is 9.61. The molecule has 14 heavy (non-hydrogen) atoms. The molecule has 0 aliphatic carbocycles. The van der Waals surface area contributed by atoms with Gasteiger partial charge in [0.25, 0.3) is 0 Å². The second-order valence-corrected chi connectivity index (χ2v) is 5.09. The van der Waals surface area contributed by atoms with E-state index in [0.717, 1.165) is 24.3 Å². The first-order valence-electron chi connectivity index (χ1n) is 4.45. The molecule has 2 aromatic rings. The van der Waals surface area contributed by atoms with Gasteiger partial charge < -0.3 is 5.73 Å². The number of rotatable bonds is 4. The highest BCUT2D eigenvalue weighted by atomic mass is 32.1. The predicted octanol–water partition coefficient (Wildman–Crippen LogP) is 2.36. The zero-order valence-corrected chi connectivity index (χ0v) is 9.27. The summed E-state index contributed by atoms with van der Waals surface area (Å²) in [7, 11) is 0. The van der Waals surface area contributed by atoms with E-state index in [9.17, 15) is 0 Å². The Bertz CT molecular complexity index is 380. The number of aromatic nitrogens is 2. The number of nitrogen functional groups attached to an aromatic ring is 1. The highest BCUT2D eigenvalue weighted by Crippen LogP contribution is 2.16. The molecule has 0 saturated heterocycles. The fourth-order valence-electron chi connectivity index (χ4n) is 1.24. The summed E-state index contributed by atoms with van der Waals surface area (Å²) in [6, 6.07) is 4.25. The molecule has 2 N–H and O–H groups in total. The van der Waals surface area contributed by atoms with Crippen LogP contribution in [0, 0.1) is 0 Å². The molecular weight excluding hydrogens is 214 g/mol. The van der Waals surface area contributed by atoms with Crippen LogP contribution in [0.2, 0.25) is 0 Å². The molecular formula is C9H11N3S2. The van der Waals surface area contributed by atoms with E-state index in [-0.39, 0.29) is 0 Å². The van der Waals surface area contributed by atoms with Gasteiger partial charge in [0.1, 0.15) is 5.01 Å². The van der Waals surface area contributed by atoms with Crippen molar-refractivity contribution in [3.05, 3.63) is 27.4 Å². The van der Waals surface area contributed by atoms with E-state index in [1.165, 1.54) is 16.2 Å². The van der Waals surface area contributed by atoms with Gasteiger partial charge in [0, 0.05) is 11.3 Å². The molecule has 5 heteroatoms. The van der Waals surface area contributed by atoms with Crippen LogP contribution in [0.15, 0.2) is 17.5 Å². The van der Waals surface area contributed by atoms with Crippen molar-refractivity contribution >= 4 is 27.8 Å². The summed E-state index contributed by atoms with van der Waals surface area (Å²) < 4.78 is 0. The number of anilines is 1. The Morgan fingerprint density at radius 2 is 2.21 bits per heavy atom. The molecule has 0 atom stereocenters. The summed E-state index contributed by atoms with van der Waals surface area (Å²) >= 11 is 3.29. The Kier molecular flexibility index (Phi) is 3.10. The van der Waals surface area contributed by atoms with E-state index in [1.54, 1.807) is 11.3 Å². The third-order valence-corrected chi connectivity index (χ3v) is 3.62. The first-order chi connectivity index (χ1) is 6.84. The first-order valence-corrected chi connectivity index (χ1v) is 6.14. The van der Waals surface area contributed by atoms with Gasteiger partial charge in [-0.2, -0.15) is 0 Å². The zero-order chi connectivity index (χ0) is 9.80. The van der Waals surface area contributed by atoms with Crippen molar-refractivity contribution in [1.82, 2.24) is 10.2 Å². The van der Waals surface area contributed by atoms with E-state index >= 15 is 0 Å². The van der Waals surface area contributed by atoms with Crippen LogP contribution in [0.4, 0.5) is 5.13 Å². The maximum Gasteiger partial charge on any atom is 0.203 e. The molecule has 0 aromatic carbocycles. The van der Waals surface area contributed by atoms with Gasteiger partial charge in [-0.25, -0.2) is 0 Å². The van der Waals surface area contributed by atoms with Gasteiger partial charge in [0.2, 0.25) is 5.13 Å². The Morgan fingerprint density at radius 3 is 2.86 bits per heavy atom. The van der Waals surface area contributed by atoms with E-state index in [2.05, 4.69) is 27.7 Å². The molecule has 0 spiro atoms. The molecule has 3 nitrogen and oxygen atoms in total. The average Bonchev–Trinajstić information content (AvgIpc) is 2.77. The number of hydrogen-bond acceptors (Lipinski definition) is 5. The fraction of sp³-hybridized carbons (Fsp3) is 0.333. The van der Waals surface area contributed by atoms with Gasteiger partial charge in [-0.15, -0.1) is 21.5 Å². The Balaban J connectivity index is 1.78. The molecule has 0 amide bonds. The smallest absolute Gasteiger partial charge is 0.203 e. The molecule has 0 aliphatic heterocycles. The topological polar surface area (TPSA) is 51.8 Å². The molecule has 0 saturated carbocycles. The van der Waals surface area contributed by atoms with Gasteiger partial charge in [-0.05, 0) is 24.3 Å². The number of thiophene rings is 1. The fourth-order valence-corrected chi connectivity index (χ4v) is 2.64. The molecule has 0 aliphatic rings. The molecule has 2 rings (SSSR count). The molecule has 74 valence electrons. The average molecular weight is 225 g/mol. The van der Waals surface area contributed by atoms with Crippen molar-refractivity contribution in [2.24, 2.45) is 0 Å². The van der Waals surface area contributed by atoms with Gasteiger partial charge in [0.05, 0.1) is 0 Å². The Labute approximate surface area is 90.6 Å². The lowest BCUT2D eigenvalue weighted by Gasteiger charge is -1.94. The second kappa shape index (κ2) is 4.52. The highest BCUT2D eigenvalue weighted by molar-refractivity contribution is 7.15. The summed E-state index contributed by atoms with van der Waals surface area (Å²) in [5, 5.41) is 11.5. The van der Waals surface area contributed by atoms with Crippen molar-refractivity contribution in [2.45, 2.75) is 19.3 Å². The van der Waals surface area contributed by atoms with Crippen LogP contribution in [0.25, 0.3) is 0 Å². The summed E-state index contributed by atoms with van der Waals surface area (Å²) in [4.78, 5) is 1.43. The SMILES string of the molecule is Nc1nnc(CCCc2cccs2)s1. The largest absolute Gasteiger partial charge is 0.374 e. The highest BCUT2D eigenvalue weighted by Gasteiger charge is 2.01. The second-order valence-electron chi connectivity index (χ2n) is 2.97. The summed E-state index contributed by atoms with van der Waals surface area (Å²) in [6.45, 7) is 0. The van der Waals surface area contributed by atoms with E-state index in [4.69, 9.17) is 5.73 Å². The van der Waals surface area contributed by atoms with Crippen LogP contribution in [0.1, 0.15) is 16.3 Å². The monoisotopic (exact) mass is 225 g/mol. The molecule has 0 unspecified atom stereocenters. The summed E-state index contributed by atoms with van der Waals surface area (Å²) in [6.07, 6.45) is 3.22. The lowest BCUT2D eigenvalue weighted by atomic mass is 10.2.